The lowest BCUT2D eigenvalue weighted by Crippen LogP contribution is -2.66. The fourth-order valence-electron chi connectivity index (χ4n) is 3.62. The molecule has 0 bridgehead atoms. The van der Waals surface area contributed by atoms with Crippen LogP contribution < -0.4 is 0 Å². The lowest BCUT2D eigenvalue weighted by molar-refractivity contribution is -0.120. The van der Waals surface area contributed by atoms with Gasteiger partial charge in [0.15, 0.2) is 0 Å². The number of aromatic nitrogens is 2. The summed E-state index contributed by atoms with van der Waals surface area (Å²) in [5.41, 5.74) is 0.255. The van der Waals surface area contributed by atoms with Crippen LogP contribution in [-0.4, -0.2) is 59.3 Å². The Labute approximate surface area is 136 Å². The van der Waals surface area contributed by atoms with Crippen molar-refractivity contribution in [1.82, 2.24) is 14.9 Å². The topological polar surface area (TPSA) is 64.6 Å². The smallest absolute Gasteiger partial charge is 0.274 e. The molecule has 0 radical (unpaired) electrons. The average molecular weight is 317 g/mol. The van der Waals surface area contributed by atoms with E-state index in [-0.39, 0.29) is 11.5 Å². The maximum Gasteiger partial charge on any atom is 0.274 e. The van der Waals surface area contributed by atoms with Gasteiger partial charge in [-0.05, 0) is 37.5 Å². The standard InChI is InChI=1S/C17H23N3O3/c21-16(15-9-18-5-6-19-15)20-11-17(12-20)14(4-8-23-17)3-7-22-10-13-1-2-13/h5-6,9,13-14H,1-4,7-8,10-12H2/t14-/m1/s1. The molecule has 1 saturated carbocycles. The molecular weight excluding hydrogens is 294 g/mol. The minimum Gasteiger partial charge on any atom is -0.381 e. The molecule has 124 valence electrons. The second-order valence-corrected chi connectivity index (χ2v) is 6.96. The Balaban J connectivity index is 1.28. The molecular formula is C17H23N3O3. The third-order valence-corrected chi connectivity index (χ3v) is 5.25. The fraction of sp³-hybridized carbons (Fsp3) is 0.706. The summed E-state index contributed by atoms with van der Waals surface area (Å²) in [5.74, 6) is 1.25. The molecule has 3 fully saturated rings. The summed E-state index contributed by atoms with van der Waals surface area (Å²) in [4.78, 5) is 22.2. The van der Waals surface area contributed by atoms with Crippen molar-refractivity contribution in [2.45, 2.75) is 31.3 Å². The average Bonchev–Trinajstić information content (AvgIpc) is 3.28. The van der Waals surface area contributed by atoms with Gasteiger partial charge in [-0.15, -0.1) is 0 Å². The zero-order chi connectivity index (χ0) is 15.7. The highest BCUT2D eigenvalue weighted by molar-refractivity contribution is 5.92. The van der Waals surface area contributed by atoms with E-state index >= 15 is 0 Å². The van der Waals surface area contributed by atoms with Gasteiger partial charge in [-0.3, -0.25) is 9.78 Å². The summed E-state index contributed by atoms with van der Waals surface area (Å²) in [6.45, 7) is 3.84. The van der Waals surface area contributed by atoms with Crippen molar-refractivity contribution in [3.05, 3.63) is 24.3 Å². The molecule has 1 aliphatic carbocycles. The first-order chi connectivity index (χ1) is 11.3. The third kappa shape index (κ3) is 3.10. The molecule has 1 spiro atoms. The van der Waals surface area contributed by atoms with Crippen LogP contribution in [-0.2, 0) is 9.47 Å². The molecule has 0 unspecified atom stereocenters. The van der Waals surface area contributed by atoms with E-state index in [9.17, 15) is 4.79 Å². The second-order valence-electron chi connectivity index (χ2n) is 6.96. The first-order valence-electron chi connectivity index (χ1n) is 8.54. The Morgan fingerprint density at radius 2 is 2.22 bits per heavy atom. The van der Waals surface area contributed by atoms with Gasteiger partial charge in [0.2, 0.25) is 0 Å². The number of hydrogen-bond acceptors (Lipinski definition) is 5. The van der Waals surface area contributed by atoms with Crippen molar-refractivity contribution in [2.24, 2.45) is 11.8 Å². The molecule has 1 aromatic heterocycles. The molecule has 2 aliphatic heterocycles. The van der Waals surface area contributed by atoms with Crippen molar-refractivity contribution >= 4 is 5.91 Å². The Morgan fingerprint density at radius 3 is 2.96 bits per heavy atom. The van der Waals surface area contributed by atoms with E-state index in [4.69, 9.17) is 9.47 Å². The maximum absolute atomic E-state index is 12.4. The lowest BCUT2D eigenvalue weighted by atomic mass is 9.79. The maximum atomic E-state index is 12.4. The predicted octanol–water partition coefficient (Wildman–Crippen LogP) is 1.52. The zero-order valence-corrected chi connectivity index (χ0v) is 13.3. The van der Waals surface area contributed by atoms with Gasteiger partial charge in [0.1, 0.15) is 11.3 Å². The quantitative estimate of drug-likeness (QED) is 0.744. The highest BCUT2D eigenvalue weighted by Gasteiger charge is 2.54. The van der Waals surface area contributed by atoms with Crippen molar-refractivity contribution in [3.63, 3.8) is 0 Å². The fourth-order valence-corrected chi connectivity index (χ4v) is 3.62. The first-order valence-corrected chi connectivity index (χ1v) is 8.54. The van der Waals surface area contributed by atoms with Crippen LogP contribution >= 0.6 is 0 Å². The highest BCUT2D eigenvalue weighted by atomic mass is 16.5. The number of carbonyl (C=O) groups is 1. The van der Waals surface area contributed by atoms with Gasteiger partial charge in [-0.1, -0.05) is 0 Å². The lowest BCUT2D eigenvalue weighted by Gasteiger charge is -2.50. The minimum absolute atomic E-state index is 0.0528. The summed E-state index contributed by atoms with van der Waals surface area (Å²) in [5, 5.41) is 0. The summed E-state index contributed by atoms with van der Waals surface area (Å²) >= 11 is 0. The number of nitrogens with zero attached hydrogens (tertiary/aromatic N) is 3. The Kier molecular flexibility index (Phi) is 4.03. The highest BCUT2D eigenvalue weighted by Crippen LogP contribution is 2.42. The predicted molar refractivity (Wildman–Crippen MR) is 82.9 cm³/mol. The van der Waals surface area contributed by atoms with Crippen LogP contribution in [0.25, 0.3) is 0 Å². The second kappa shape index (κ2) is 6.17. The molecule has 4 rings (SSSR count). The van der Waals surface area contributed by atoms with Crippen molar-refractivity contribution in [3.8, 4) is 0 Å². The Hall–Kier alpha value is -1.53. The largest absolute Gasteiger partial charge is 0.381 e. The van der Waals surface area contributed by atoms with Crippen LogP contribution in [0.1, 0.15) is 36.2 Å². The van der Waals surface area contributed by atoms with E-state index in [1.54, 1.807) is 12.4 Å². The number of hydrogen-bond donors (Lipinski definition) is 0. The van der Waals surface area contributed by atoms with E-state index in [1.807, 2.05) is 4.90 Å². The normalized spacial score (nSPS) is 25.6. The number of amides is 1. The molecule has 1 aromatic rings. The summed E-state index contributed by atoms with van der Waals surface area (Å²) in [7, 11) is 0. The SMILES string of the molecule is O=C(c1cnccn1)N1CC2(C1)OCC[C@H]2CCOCC1CC1. The number of ether oxygens (including phenoxy) is 2. The third-order valence-electron chi connectivity index (χ3n) is 5.25. The van der Waals surface area contributed by atoms with Crippen molar-refractivity contribution in [1.29, 1.82) is 0 Å². The van der Waals surface area contributed by atoms with Gasteiger partial charge in [0.05, 0.1) is 19.3 Å². The Bertz CT molecular complexity index is 555. The minimum atomic E-state index is -0.152. The molecule has 6 nitrogen and oxygen atoms in total. The van der Waals surface area contributed by atoms with Gasteiger partial charge < -0.3 is 14.4 Å². The Morgan fingerprint density at radius 1 is 1.35 bits per heavy atom. The van der Waals surface area contributed by atoms with Gasteiger partial charge in [0.25, 0.3) is 5.91 Å². The van der Waals surface area contributed by atoms with Crippen LogP contribution in [0, 0.1) is 11.8 Å². The molecule has 0 N–H and O–H groups in total. The van der Waals surface area contributed by atoms with Gasteiger partial charge in [0, 0.05) is 32.2 Å². The van der Waals surface area contributed by atoms with Gasteiger partial charge in [-0.25, -0.2) is 4.98 Å². The van der Waals surface area contributed by atoms with Crippen LogP contribution in [0.4, 0.5) is 0 Å². The van der Waals surface area contributed by atoms with Crippen LogP contribution in [0.2, 0.25) is 0 Å². The summed E-state index contributed by atoms with van der Waals surface area (Å²) < 4.78 is 11.8. The van der Waals surface area contributed by atoms with Crippen molar-refractivity contribution in [2.75, 3.05) is 32.9 Å². The molecule has 0 aromatic carbocycles. The van der Waals surface area contributed by atoms with E-state index in [1.165, 1.54) is 19.0 Å². The van der Waals surface area contributed by atoms with Crippen LogP contribution in [0.15, 0.2) is 18.6 Å². The molecule has 1 atom stereocenters. The van der Waals surface area contributed by atoms with E-state index < -0.39 is 0 Å². The van der Waals surface area contributed by atoms with E-state index in [0.717, 1.165) is 38.6 Å². The molecule has 2 saturated heterocycles. The van der Waals surface area contributed by atoms with Crippen LogP contribution in [0.3, 0.4) is 0 Å². The molecule has 3 heterocycles. The molecule has 6 heteroatoms. The van der Waals surface area contributed by atoms with Crippen molar-refractivity contribution < 1.29 is 14.3 Å². The molecule has 1 amide bonds. The van der Waals surface area contributed by atoms with Gasteiger partial charge in [-0.2, -0.15) is 0 Å². The molecule has 3 aliphatic rings. The number of carbonyl (C=O) groups excluding carboxylic acids is 1. The zero-order valence-electron chi connectivity index (χ0n) is 13.3. The monoisotopic (exact) mass is 317 g/mol. The van der Waals surface area contributed by atoms with E-state index in [0.29, 0.717) is 24.7 Å². The summed E-state index contributed by atoms with van der Waals surface area (Å²) in [6, 6.07) is 0. The number of rotatable bonds is 6. The van der Waals surface area contributed by atoms with Gasteiger partial charge >= 0.3 is 0 Å². The van der Waals surface area contributed by atoms with E-state index in [2.05, 4.69) is 9.97 Å². The number of likely N-dealkylation sites (tertiary alicyclic amines) is 1. The molecule has 23 heavy (non-hydrogen) atoms. The summed E-state index contributed by atoms with van der Waals surface area (Å²) in [6.07, 6.45) is 9.40. The first kappa shape index (κ1) is 15.0. The van der Waals surface area contributed by atoms with Crippen LogP contribution in [0.5, 0.6) is 0 Å².